The van der Waals surface area contributed by atoms with Crippen molar-refractivity contribution in [3.05, 3.63) is 72.6 Å². The highest BCUT2D eigenvalue weighted by Crippen LogP contribution is 2.11. The minimum Gasteiger partial charge on any atom is -0.478 e. The smallest absolute Gasteiger partial charge is 0.331 e. The molecular formula is C17H16N4O3. The van der Waals surface area contributed by atoms with Gasteiger partial charge in [-0.2, -0.15) is 0 Å². The number of carboxylic acid groups (broad SMARTS) is 1. The van der Waals surface area contributed by atoms with Gasteiger partial charge in [0.1, 0.15) is 5.69 Å². The second kappa shape index (κ2) is 8.23. The molecule has 7 heteroatoms. The van der Waals surface area contributed by atoms with E-state index in [0.29, 0.717) is 17.2 Å². The predicted octanol–water partition coefficient (Wildman–Crippen LogP) is 1.81. The molecule has 7 nitrogen and oxygen atoms in total. The van der Waals surface area contributed by atoms with Crippen LogP contribution in [-0.2, 0) is 9.59 Å². The van der Waals surface area contributed by atoms with Crippen LogP contribution in [0.25, 0.3) is 0 Å². The summed E-state index contributed by atoms with van der Waals surface area (Å²) in [5.41, 5.74) is 6.09. The van der Waals surface area contributed by atoms with E-state index in [9.17, 15) is 9.59 Å². The molecule has 24 heavy (non-hydrogen) atoms. The molecule has 0 saturated carbocycles. The molecule has 0 spiro atoms. The molecule has 0 fully saturated rings. The third-order valence-corrected chi connectivity index (χ3v) is 2.90. The second-order valence-corrected chi connectivity index (χ2v) is 4.77. The van der Waals surface area contributed by atoms with E-state index >= 15 is 0 Å². The number of rotatable bonds is 5. The normalized spacial score (nSPS) is 10.8. The van der Waals surface area contributed by atoms with E-state index in [-0.39, 0.29) is 12.0 Å². The monoisotopic (exact) mass is 324 g/mol. The van der Waals surface area contributed by atoms with Gasteiger partial charge in [0.15, 0.2) is 5.84 Å². The van der Waals surface area contributed by atoms with Crippen LogP contribution in [0.15, 0.2) is 71.9 Å². The molecule has 0 aliphatic heterocycles. The number of carboxylic acids is 1. The number of nitrogens with zero attached hydrogens (tertiary/aromatic N) is 2. The molecule has 1 heterocycles. The molecular weight excluding hydrogens is 308 g/mol. The minimum absolute atomic E-state index is 0.200. The molecule has 0 aliphatic rings. The van der Waals surface area contributed by atoms with E-state index in [2.05, 4.69) is 27.4 Å². The maximum Gasteiger partial charge on any atom is 0.331 e. The molecule has 1 aromatic carbocycles. The highest BCUT2D eigenvalue weighted by atomic mass is 16.4. The largest absolute Gasteiger partial charge is 0.478 e. The van der Waals surface area contributed by atoms with Gasteiger partial charge < -0.3 is 5.11 Å². The number of hydrogen-bond acceptors (Lipinski definition) is 4. The number of amidine groups is 1. The van der Waals surface area contributed by atoms with Gasteiger partial charge in [0.25, 0.3) is 0 Å². The fraction of sp³-hybridized carbons (Fsp3) is 0.0588. The van der Waals surface area contributed by atoms with E-state index in [1.165, 1.54) is 0 Å². The van der Waals surface area contributed by atoms with Gasteiger partial charge in [-0.3, -0.25) is 20.6 Å². The summed E-state index contributed by atoms with van der Waals surface area (Å²) in [6.45, 7) is 3.32. The molecule has 1 aromatic heterocycles. The summed E-state index contributed by atoms with van der Waals surface area (Å²) in [4.78, 5) is 31.1. The predicted molar refractivity (Wildman–Crippen MR) is 89.5 cm³/mol. The van der Waals surface area contributed by atoms with Crippen molar-refractivity contribution in [2.45, 2.75) is 6.42 Å². The molecule has 0 radical (unpaired) electrons. The Bertz CT molecular complexity index is 758. The molecule has 0 saturated heterocycles. The number of carbonyl (C=O) groups excluding carboxylic acids is 1. The molecule has 2 aromatic rings. The molecule has 1 amide bonds. The molecule has 0 bridgehead atoms. The van der Waals surface area contributed by atoms with Crippen molar-refractivity contribution in [3.63, 3.8) is 0 Å². The zero-order valence-corrected chi connectivity index (χ0v) is 12.8. The Kier molecular flexibility index (Phi) is 5.79. The number of carbonyl (C=O) groups is 2. The van der Waals surface area contributed by atoms with Gasteiger partial charge in [0.05, 0.1) is 12.1 Å². The third-order valence-electron chi connectivity index (χ3n) is 2.90. The quantitative estimate of drug-likeness (QED) is 0.337. The number of pyridine rings is 1. The van der Waals surface area contributed by atoms with Gasteiger partial charge in [0, 0.05) is 11.8 Å². The first-order valence-corrected chi connectivity index (χ1v) is 7.07. The first-order valence-electron chi connectivity index (χ1n) is 7.07. The van der Waals surface area contributed by atoms with Crippen molar-refractivity contribution in [3.8, 4) is 0 Å². The van der Waals surface area contributed by atoms with Crippen molar-refractivity contribution >= 4 is 23.4 Å². The van der Waals surface area contributed by atoms with Gasteiger partial charge in [-0.15, -0.1) is 0 Å². The average molecular weight is 324 g/mol. The maximum atomic E-state index is 11.8. The van der Waals surface area contributed by atoms with Crippen LogP contribution in [0.3, 0.4) is 0 Å². The molecule has 0 atom stereocenters. The Hall–Kier alpha value is -3.48. The second-order valence-electron chi connectivity index (χ2n) is 4.77. The lowest BCUT2D eigenvalue weighted by molar-refractivity contribution is -0.134. The van der Waals surface area contributed by atoms with E-state index < -0.39 is 11.9 Å². The number of aliphatic carboxylic acids is 1. The minimum atomic E-state index is -1.21. The van der Waals surface area contributed by atoms with E-state index in [4.69, 9.17) is 5.11 Å². The first kappa shape index (κ1) is 16.9. The van der Waals surface area contributed by atoms with Crippen molar-refractivity contribution < 1.29 is 14.7 Å². The number of aliphatic imine (C=N–C) groups is 1. The summed E-state index contributed by atoms with van der Waals surface area (Å²) in [5, 5.41) is 8.75. The molecule has 122 valence electrons. The third kappa shape index (κ3) is 5.06. The number of nitrogens with one attached hydrogen (secondary N) is 2. The van der Waals surface area contributed by atoms with Gasteiger partial charge in [-0.1, -0.05) is 30.8 Å². The summed E-state index contributed by atoms with van der Waals surface area (Å²) < 4.78 is 0. The fourth-order valence-corrected chi connectivity index (χ4v) is 1.73. The standard InChI is InChI=1S/C17H16N4O3/c1-12(17(23)24)11-15(22)20-21-16(14-9-5-6-10-18-14)19-13-7-3-2-4-8-13/h2-10H,1,11H2,(H,19,21)(H,20,22)(H,23,24). The van der Waals surface area contributed by atoms with Gasteiger partial charge >= 0.3 is 5.97 Å². The molecule has 0 aliphatic carbocycles. The Morgan fingerprint density at radius 3 is 2.42 bits per heavy atom. The first-order chi connectivity index (χ1) is 11.6. The Labute approximate surface area is 138 Å². The highest BCUT2D eigenvalue weighted by Gasteiger charge is 2.11. The molecule has 2 rings (SSSR count). The number of amides is 1. The fourth-order valence-electron chi connectivity index (χ4n) is 1.73. The van der Waals surface area contributed by atoms with Crippen LogP contribution in [0.2, 0.25) is 0 Å². The average Bonchev–Trinajstić information content (AvgIpc) is 2.60. The van der Waals surface area contributed by atoms with E-state index in [1.54, 1.807) is 36.5 Å². The Balaban J connectivity index is 2.13. The van der Waals surface area contributed by atoms with Gasteiger partial charge in [-0.25, -0.2) is 9.79 Å². The van der Waals surface area contributed by atoms with Crippen LogP contribution in [0.4, 0.5) is 5.69 Å². The van der Waals surface area contributed by atoms with Crippen molar-refractivity contribution in [1.82, 2.24) is 15.8 Å². The zero-order valence-electron chi connectivity index (χ0n) is 12.8. The molecule has 0 unspecified atom stereocenters. The van der Waals surface area contributed by atoms with E-state index in [1.807, 2.05) is 18.2 Å². The van der Waals surface area contributed by atoms with E-state index in [0.717, 1.165) is 0 Å². The summed E-state index contributed by atoms with van der Waals surface area (Å²) >= 11 is 0. The topological polar surface area (TPSA) is 104 Å². The number of aromatic nitrogens is 1. The summed E-state index contributed by atoms with van der Waals surface area (Å²) in [6.07, 6.45) is 1.27. The van der Waals surface area contributed by atoms with Crippen LogP contribution >= 0.6 is 0 Å². The summed E-state index contributed by atoms with van der Waals surface area (Å²) in [6, 6.07) is 14.4. The SMILES string of the molecule is C=C(CC(=O)NNC(=Nc1ccccc1)c1ccccn1)C(=O)O. The number of hydrazine groups is 1. The Morgan fingerprint density at radius 2 is 1.79 bits per heavy atom. The summed E-state index contributed by atoms with van der Waals surface area (Å²) in [5.74, 6) is -1.43. The van der Waals surface area contributed by atoms with Crippen LogP contribution in [0.1, 0.15) is 12.1 Å². The number of para-hydroxylation sites is 1. The van der Waals surface area contributed by atoms with Crippen LogP contribution in [0.5, 0.6) is 0 Å². The Morgan fingerprint density at radius 1 is 1.08 bits per heavy atom. The van der Waals surface area contributed by atoms with Crippen LogP contribution in [0, 0.1) is 0 Å². The van der Waals surface area contributed by atoms with Crippen molar-refractivity contribution in [2.24, 2.45) is 4.99 Å². The van der Waals surface area contributed by atoms with Crippen LogP contribution < -0.4 is 10.9 Å². The lowest BCUT2D eigenvalue weighted by Crippen LogP contribution is -2.42. The highest BCUT2D eigenvalue weighted by molar-refractivity contribution is 6.00. The number of benzene rings is 1. The molecule has 3 N–H and O–H groups in total. The lowest BCUT2D eigenvalue weighted by atomic mass is 10.2. The van der Waals surface area contributed by atoms with Gasteiger partial charge in [-0.05, 0) is 24.3 Å². The van der Waals surface area contributed by atoms with Crippen LogP contribution in [-0.4, -0.2) is 27.8 Å². The van der Waals surface area contributed by atoms with Crippen molar-refractivity contribution in [2.75, 3.05) is 0 Å². The number of hydrogen-bond donors (Lipinski definition) is 3. The maximum absolute atomic E-state index is 11.8. The lowest BCUT2D eigenvalue weighted by Gasteiger charge is -2.11. The zero-order chi connectivity index (χ0) is 17.4. The summed E-state index contributed by atoms with van der Waals surface area (Å²) in [7, 11) is 0. The van der Waals surface area contributed by atoms with Crippen molar-refractivity contribution in [1.29, 1.82) is 0 Å². The van der Waals surface area contributed by atoms with Gasteiger partial charge in [0.2, 0.25) is 5.91 Å².